The number of carbonyl (C=O) groups is 1. The molecule has 0 aromatic rings. The molecule has 0 radical (unpaired) electrons. The Labute approximate surface area is 111 Å². The highest BCUT2D eigenvalue weighted by Crippen LogP contribution is 2.21. The van der Waals surface area contributed by atoms with E-state index in [1.165, 1.54) is 0 Å². The maximum Gasteiger partial charge on any atom is 0.155 e. The van der Waals surface area contributed by atoms with Crippen molar-refractivity contribution in [3.05, 3.63) is 0 Å². The second kappa shape index (κ2) is 6.24. The molecule has 0 fully saturated rings. The number of thioether (sulfide) groups is 1. The molecule has 17 heavy (non-hydrogen) atoms. The van der Waals surface area contributed by atoms with Crippen LogP contribution in [0.25, 0.3) is 0 Å². The summed E-state index contributed by atoms with van der Waals surface area (Å²) in [4.78, 5) is 12.4. The summed E-state index contributed by atoms with van der Waals surface area (Å²) < 4.78 is 0. The molecule has 1 atom stereocenters. The van der Waals surface area contributed by atoms with Crippen LogP contribution in [-0.4, -0.2) is 28.4 Å². The van der Waals surface area contributed by atoms with Gasteiger partial charge in [-0.1, -0.05) is 34.6 Å². The highest BCUT2D eigenvalue weighted by atomic mass is 32.2. The Bertz CT molecular complexity index is 248. The van der Waals surface area contributed by atoms with Crippen molar-refractivity contribution < 1.29 is 4.79 Å². The molecule has 0 heterocycles. The fourth-order valence-corrected chi connectivity index (χ4v) is 2.33. The van der Waals surface area contributed by atoms with E-state index < -0.39 is 0 Å². The van der Waals surface area contributed by atoms with Gasteiger partial charge < -0.3 is 5.32 Å². The van der Waals surface area contributed by atoms with Crippen LogP contribution in [0, 0.1) is 5.41 Å². The van der Waals surface area contributed by atoms with Crippen LogP contribution in [0.5, 0.6) is 0 Å². The number of nitrogens with one attached hydrogen (secondary N) is 1. The monoisotopic (exact) mass is 259 g/mol. The van der Waals surface area contributed by atoms with E-state index in [0.717, 1.165) is 5.75 Å². The first-order chi connectivity index (χ1) is 7.43. The smallest absolute Gasteiger partial charge is 0.155 e. The first kappa shape index (κ1) is 17.0. The minimum absolute atomic E-state index is 0.0247. The van der Waals surface area contributed by atoms with Gasteiger partial charge >= 0.3 is 0 Å². The molecule has 0 saturated carbocycles. The molecule has 0 rings (SSSR count). The topological polar surface area (TPSA) is 29.1 Å². The fraction of sp³-hybridized carbons (Fsp3) is 0.929. The van der Waals surface area contributed by atoms with Gasteiger partial charge in [0.2, 0.25) is 0 Å². The molecule has 0 aromatic carbocycles. The van der Waals surface area contributed by atoms with E-state index in [1.807, 2.05) is 32.5 Å². The summed E-state index contributed by atoms with van der Waals surface area (Å²) in [7, 11) is 0. The molecule has 102 valence electrons. The largest absolute Gasteiger partial charge is 0.302 e. The van der Waals surface area contributed by atoms with Crippen molar-refractivity contribution in [3.8, 4) is 0 Å². The molecule has 1 N–H and O–H groups in total. The number of hydrogen-bond acceptors (Lipinski definition) is 3. The predicted octanol–water partition coefficient (Wildman–Crippen LogP) is 3.50. The molecular formula is C14H29NOS. The minimum atomic E-state index is -0.277. The summed E-state index contributed by atoms with van der Waals surface area (Å²) in [6.07, 6.45) is 0. The molecule has 0 spiro atoms. The van der Waals surface area contributed by atoms with Crippen molar-refractivity contribution in [2.75, 3.05) is 5.75 Å². The number of carbonyl (C=O) groups excluding carboxylic acids is 1. The summed E-state index contributed by atoms with van der Waals surface area (Å²) in [6, 6.07) is -0.0533. The minimum Gasteiger partial charge on any atom is -0.302 e. The number of Topliss-reactive ketones (excluding diaryl/α,β-unsaturated/α-hetero) is 1. The van der Waals surface area contributed by atoms with Crippen LogP contribution >= 0.6 is 11.8 Å². The average molecular weight is 259 g/mol. The number of ketones is 1. The Morgan fingerprint density at radius 2 is 1.59 bits per heavy atom. The Hall–Kier alpha value is -0.0200. The van der Waals surface area contributed by atoms with Gasteiger partial charge in [-0.2, -0.15) is 11.8 Å². The van der Waals surface area contributed by atoms with Gasteiger partial charge in [-0.15, -0.1) is 0 Å². The van der Waals surface area contributed by atoms with E-state index in [2.05, 4.69) is 39.9 Å². The van der Waals surface area contributed by atoms with Crippen molar-refractivity contribution in [2.45, 2.75) is 72.2 Å². The maximum absolute atomic E-state index is 12.4. The lowest BCUT2D eigenvalue weighted by molar-refractivity contribution is -0.128. The van der Waals surface area contributed by atoms with Crippen LogP contribution in [-0.2, 0) is 4.79 Å². The Kier molecular flexibility index (Phi) is 6.23. The third-order valence-electron chi connectivity index (χ3n) is 2.26. The van der Waals surface area contributed by atoms with E-state index >= 15 is 0 Å². The van der Waals surface area contributed by atoms with Crippen molar-refractivity contribution >= 4 is 17.5 Å². The average Bonchev–Trinajstić information content (AvgIpc) is 2.07. The fourth-order valence-electron chi connectivity index (χ4n) is 1.52. The summed E-state index contributed by atoms with van der Waals surface area (Å²) in [5, 5.41) is 4.01. The first-order valence-electron chi connectivity index (χ1n) is 6.37. The molecule has 0 unspecified atom stereocenters. The summed E-state index contributed by atoms with van der Waals surface area (Å²) in [5.74, 6) is 1.16. The second-order valence-corrected chi connectivity index (χ2v) is 8.55. The summed E-state index contributed by atoms with van der Waals surface area (Å²) in [5.41, 5.74) is -0.302. The van der Waals surface area contributed by atoms with Crippen LogP contribution in [0.1, 0.15) is 55.4 Å². The van der Waals surface area contributed by atoms with E-state index in [4.69, 9.17) is 0 Å². The lowest BCUT2D eigenvalue weighted by Gasteiger charge is -2.32. The maximum atomic E-state index is 12.4. The molecule has 0 aliphatic rings. The Morgan fingerprint density at radius 1 is 1.12 bits per heavy atom. The van der Waals surface area contributed by atoms with E-state index in [9.17, 15) is 4.79 Å². The molecule has 0 saturated heterocycles. The van der Waals surface area contributed by atoms with E-state index in [0.29, 0.717) is 11.0 Å². The summed E-state index contributed by atoms with van der Waals surface area (Å²) in [6.45, 7) is 16.6. The van der Waals surface area contributed by atoms with E-state index in [1.54, 1.807) is 0 Å². The predicted molar refractivity (Wildman–Crippen MR) is 78.7 cm³/mol. The van der Waals surface area contributed by atoms with Crippen LogP contribution in [0.3, 0.4) is 0 Å². The second-order valence-electron chi connectivity index (χ2n) is 6.94. The third-order valence-corrected chi connectivity index (χ3v) is 3.45. The first-order valence-corrected chi connectivity index (χ1v) is 7.42. The molecule has 0 aliphatic heterocycles. The molecular weight excluding hydrogens is 230 g/mol. The van der Waals surface area contributed by atoms with Crippen molar-refractivity contribution in [1.82, 2.24) is 5.32 Å². The molecule has 3 heteroatoms. The normalized spacial score (nSPS) is 15.1. The zero-order valence-corrected chi connectivity index (χ0v) is 13.5. The molecule has 0 aliphatic carbocycles. The molecule has 0 bridgehead atoms. The van der Waals surface area contributed by atoms with Gasteiger partial charge in [0.1, 0.15) is 0 Å². The molecule has 0 aromatic heterocycles. The van der Waals surface area contributed by atoms with Crippen LogP contribution < -0.4 is 5.32 Å². The Balaban J connectivity index is 4.68. The lowest BCUT2D eigenvalue weighted by atomic mass is 9.86. The highest BCUT2D eigenvalue weighted by molar-refractivity contribution is 7.99. The molecule has 2 nitrogen and oxygen atoms in total. The van der Waals surface area contributed by atoms with Gasteiger partial charge in [0.25, 0.3) is 0 Å². The van der Waals surface area contributed by atoms with Gasteiger partial charge in [-0.3, -0.25) is 4.79 Å². The zero-order valence-electron chi connectivity index (χ0n) is 12.7. The van der Waals surface area contributed by atoms with Crippen molar-refractivity contribution in [3.63, 3.8) is 0 Å². The number of hydrogen-bond donors (Lipinski definition) is 1. The van der Waals surface area contributed by atoms with Crippen LogP contribution in [0.15, 0.2) is 0 Å². The lowest BCUT2D eigenvalue weighted by Crippen LogP contribution is -2.52. The van der Waals surface area contributed by atoms with Gasteiger partial charge in [0.15, 0.2) is 5.78 Å². The van der Waals surface area contributed by atoms with Crippen molar-refractivity contribution in [2.24, 2.45) is 5.41 Å². The van der Waals surface area contributed by atoms with E-state index in [-0.39, 0.29) is 17.0 Å². The summed E-state index contributed by atoms with van der Waals surface area (Å²) >= 11 is 1.84. The van der Waals surface area contributed by atoms with Gasteiger partial charge in [-0.25, -0.2) is 0 Å². The van der Waals surface area contributed by atoms with Gasteiger partial charge in [-0.05, 0) is 26.0 Å². The zero-order chi connectivity index (χ0) is 13.9. The Morgan fingerprint density at radius 3 is 1.88 bits per heavy atom. The van der Waals surface area contributed by atoms with Gasteiger partial charge in [0.05, 0.1) is 6.04 Å². The SMILES string of the molecule is CC(C)SC[C@@H](NC(C)(C)C)C(=O)C(C)(C)C. The highest BCUT2D eigenvalue weighted by Gasteiger charge is 2.31. The van der Waals surface area contributed by atoms with Crippen LogP contribution in [0.4, 0.5) is 0 Å². The van der Waals surface area contributed by atoms with Crippen molar-refractivity contribution in [1.29, 1.82) is 0 Å². The number of rotatable bonds is 5. The standard InChI is InChI=1S/C14H29NOS/c1-10(2)17-9-11(15-14(6,7)8)12(16)13(3,4)5/h10-11,15H,9H2,1-8H3/t11-/m1/s1. The third kappa shape index (κ3) is 7.82. The van der Waals surface area contributed by atoms with Gasteiger partial charge in [0, 0.05) is 16.7 Å². The van der Waals surface area contributed by atoms with Crippen LogP contribution in [0.2, 0.25) is 0 Å². The quantitative estimate of drug-likeness (QED) is 0.819. The molecule has 0 amide bonds.